The Hall–Kier alpha value is -1.61. The zero-order chi connectivity index (χ0) is 14.3. The third-order valence-corrected chi connectivity index (χ3v) is 4.37. The zero-order valence-electron chi connectivity index (χ0n) is 11.6. The Bertz CT molecular complexity index is 680. The molecule has 0 spiro atoms. The third kappa shape index (κ3) is 2.27. The average Bonchev–Trinajstić information content (AvgIpc) is 2.64. The monoisotopic (exact) mass is 329 g/mol. The van der Waals surface area contributed by atoms with Gasteiger partial charge < -0.3 is 4.90 Å². The number of hydrogen-bond donors (Lipinski definition) is 0. The molecule has 2 aromatic carbocycles. The number of aryl methyl sites for hydroxylation is 1. The van der Waals surface area contributed by atoms with Gasteiger partial charge in [0.1, 0.15) is 0 Å². The normalized spacial score (nSPS) is 17.4. The number of nitrogens with zero attached hydrogens (tertiary/aromatic N) is 1. The van der Waals surface area contributed by atoms with Crippen molar-refractivity contribution in [3.05, 3.63) is 63.6 Å². The van der Waals surface area contributed by atoms with E-state index < -0.39 is 0 Å². The topological polar surface area (TPSA) is 20.3 Å². The molecule has 1 heterocycles. The molecule has 3 rings (SSSR count). The van der Waals surface area contributed by atoms with Crippen molar-refractivity contribution in [2.24, 2.45) is 0 Å². The van der Waals surface area contributed by atoms with E-state index in [0.29, 0.717) is 0 Å². The van der Waals surface area contributed by atoms with Gasteiger partial charge in [-0.05, 0) is 42.7 Å². The average molecular weight is 330 g/mol. The number of likely N-dealkylation sites (N-methyl/N-ethyl adjacent to an activating group) is 1. The van der Waals surface area contributed by atoms with Crippen LogP contribution < -0.4 is 4.90 Å². The van der Waals surface area contributed by atoms with E-state index in [1.165, 1.54) is 11.1 Å². The van der Waals surface area contributed by atoms with E-state index in [1.54, 1.807) is 4.90 Å². The molecule has 1 aliphatic heterocycles. The van der Waals surface area contributed by atoms with E-state index in [1.807, 2.05) is 19.2 Å². The van der Waals surface area contributed by atoms with Crippen molar-refractivity contribution < 1.29 is 4.79 Å². The van der Waals surface area contributed by atoms with Gasteiger partial charge in [0.25, 0.3) is 0 Å². The van der Waals surface area contributed by atoms with Crippen LogP contribution in [0, 0.1) is 6.92 Å². The van der Waals surface area contributed by atoms with Crippen molar-refractivity contribution in [1.82, 2.24) is 0 Å². The Morgan fingerprint density at radius 2 is 2.00 bits per heavy atom. The highest BCUT2D eigenvalue weighted by molar-refractivity contribution is 9.10. The van der Waals surface area contributed by atoms with Gasteiger partial charge in [0.05, 0.1) is 5.92 Å². The number of amides is 1. The molecule has 3 heteroatoms. The number of hydrogen-bond acceptors (Lipinski definition) is 1. The molecule has 0 radical (unpaired) electrons. The minimum Gasteiger partial charge on any atom is -0.315 e. The summed E-state index contributed by atoms with van der Waals surface area (Å²) in [5, 5.41) is 0. The molecule has 2 aromatic rings. The lowest BCUT2D eigenvalue weighted by molar-refractivity contribution is -0.119. The molecule has 0 saturated heterocycles. The summed E-state index contributed by atoms with van der Waals surface area (Å²) in [5.41, 5.74) is 4.59. The van der Waals surface area contributed by atoms with Crippen molar-refractivity contribution in [2.75, 3.05) is 11.9 Å². The molecular weight excluding hydrogens is 314 g/mol. The molecule has 0 saturated carbocycles. The van der Waals surface area contributed by atoms with Crippen LogP contribution in [0.25, 0.3) is 0 Å². The number of halogens is 1. The molecule has 2 nitrogen and oxygen atoms in total. The minimum absolute atomic E-state index is 0.0747. The van der Waals surface area contributed by atoms with E-state index in [2.05, 4.69) is 53.2 Å². The molecule has 1 atom stereocenters. The molecule has 1 amide bonds. The summed E-state index contributed by atoms with van der Waals surface area (Å²) in [4.78, 5) is 14.2. The van der Waals surface area contributed by atoms with E-state index in [-0.39, 0.29) is 11.8 Å². The Morgan fingerprint density at radius 1 is 1.20 bits per heavy atom. The first-order valence-electron chi connectivity index (χ1n) is 6.69. The lowest BCUT2D eigenvalue weighted by atomic mass is 9.93. The number of carbonyl (C=O) groups is 1. The van der Waals surface area contributed by atoms with Crippen LogP contribution in [0.15, 0.2) is 46.9 Å². The van der Waals surface area contributed by atoms with Crippen LogP contribution in [-0.2, 0) is 11.2 Å². The van der Waals surface area contributed by atoms with Gasteiger partial charge in [-0.2, -0.15) is 0 Å². The van der Waals surface area contributed by atoms with Crippen molar-refractivity contribution in [3.8, 4) is 0 Å². The van der Waals surface area contributed by atoms with Crippen LogP contribution in [0.2, 0.25) is 0 Å². The molecule has 0 aromatic heterocycles. The first-order valence-corrected chi connectivity index (χ1v) is 7.48. The summed E-state index contributed by atoms with van der Waals surface area (Å²) in [7, 11) is 1.85. The predicted octanol–water partition coefficient (Wildman–Crippen LogP) is 4.06. The van der Waals surface area contributed by atoms with Crippen LogP contribution in [0.3, 0.4) is 0 Å². The molecule has 0 bridgehead atoms. The number of fused-ring (bicyclic) bond motifs is 1. The molecule has 102 valence electrons. The fourth-order valence-corrected chi connectivity index (χ4v) is 3.25. The first kappa shape index (κ1) is 13.4. The lowest BCUT2D eigenvalue weighted by Crippen LogP contribution is -2.24. The van der Waals surface area contributed by atoms with Crippen LogP contribution in [0.5, 0.6) is 0 Å². The predicted molar refractivity (Wildman–Crippen MR) is 85.2 cm³/mol. The van der Waals surface area contributed by atoms with Gasteiger partial charge in [-0.1, -0.05) is 45.8 Å². The highest BCUT2D eigenvalue weighted by Gasteiger charge is 2.35. The highest BCUT2D eigenvalue weighted by Crippen LogP contribution is 2.39. The van der Waals surface area contributed by atoms with Crippen molar-refractivity contribution in [1.29, 1.82) is 0 Å². The first-order chi connectivity index (χ1) is 9.56. The lowest BCUT2D eigenvalue weighted by Gasteiger charge is -2.11. The van der Waals surface area contributed by atoms with Gasteiger partial charge in [0, 0.05) is 17.2 Å². The fourth-order valence-electron chi connectivity index (χ4n) is 2.87. The Kier molecular flexibility index (Phi) is 3.38. The van der Waals surface area contributed by atoms with Crippen LogP contribution >= 0.6 is 15.9 Å². The standard InChI is InChI=1S/C17H16BrNO/c1-11-4-3-5-12(8-11)9-15-14-10-13(18)6-7-16(14)19(2)17(15)20/h3-8,10,15H,9H2,1-2H3/t15-/m1/s1. The second-order valence-electron chi connectivity index (χ2n) is 5.35. The molecule has 0 aliphatic carbocycles. The Labute approximate surface area is 127 Å². The molecule has 0 unspecified atom stereocenters. The Morgan fingerprint density at radius 3 is 2.75 bits per heavy atom. The summed E-state index contributed by atoms with van der Waals surface area (Å²) < 4.78 is 1.02. The van der Waals surface area contributed by atoms with E-state index in [9.17, 15) is 4.79 Å². The molecular formula is C17H16BrNO. The maximum atomic E-state index is 12.5. The highest BCUT2D eigenvalue weighted by atomic mass is 79.9. The quantitative estimate of drug-likeness (QED) is 0.813. The van der Waals surface area contributed by atoms with Crippen LogP contribution in [0.4, 0.5) is 5.69 Å². The summed E-state index contributed by atoms with van der Waals surface area (Å²) in [6.45, 7) is 2.08. The SMILES string of the molecule is Cc1cccc(C[C@H]2C(=O)N(C)c3ccc(Br)cc32)c1. The van der Waals surface area contributed by atoms with E-state index in [0.717, 1.165) is 22.1 Å². The zero-order valence-corrected chi connectivity index (χ0v) is 13.1. The van der Waals surface area contributed by atoms with Gasteiger partial charge in [0.2, 0.25) is 5.91 Å². The summed E-state index contributed by atoms with van der Waals surface area (Å²) in [5.74, 6) is 0.105. The number of benzene rings is 2. The maximum Gasteiger partial charge on any atom is 0.234 e. The van der Waals surface area contributed by atoms with E-state index in [4.69, 9.17) is 0 Å². The minimum atomic E-state index is -0.0747. The van der Waals surface area contributed by atoms with Gasteiger partial charge in [-0.3, -0.25) is 4.79 Å². The number of rotatable bonds is 2. The van der Waals surface area contributed by atoms with Crippen molar-refractivity contribution >= 4 is 27.5 Å². The fraction of sp³-hybridized carbons (Fsp3) is 0.235. The summed E-state index contributed by atoms with van der Waals surface area (Å²) in [6, 6.07) is 14.4. The smallest absolute Gasteiger partial charge is 0.234 e. The van der Waals surface area contributed by atoms with Gasteiger partial charge in [0.15, 0.2) is 0 Å². The Balaban J connectivity index is 1.98. The van der Waals surface area contributed by atoms with E-state index >= 15 is 0 Å². The molecule has 0 fully saturated rings. The molecule has 20 heavy (non-hydrogen) atoms. The largest absolute Gasteiger partial charge is 0.315 e. The second kappa shape index (κ2) is 5.06. The summed E-state index contributed by atoms with van der Waals surface area (Å²) >= 11 is 3.50. The van der Waals surface area contributed by atoms with Crippen LogP contribution in [0.1, 0.15) is 22.6 Å². The van der Waals surface area contributed by atoms with Gasteiger partial charge in [-0.25, -0.2) is 0 Å². The van der Waals surface area contributed by atoms with Crippen molar-refractivity contribution in [2.45, 2.75) is 19.3 Å². The van der Waals surface area contributed by atoms with Gasteiger partial charge in [-0.15, -0.1) is 0 Å². The number of carbonyl (C=O) groups excluding carboxylic acids is 1. The molecule has 0 N–H and O–H groups in total. The maximum absolute atomic E-state index is 12.5. The van der Waals surface area contributed by atoms with Crippen molar-refractivity contribution in [3.63, 3.8) is 0 Å². The summed E-state index contributed by atoms with van der Waals surface area (Å²) in [6.07, 6.45) is 0.758. The number of anilines is 1. The molecule has 1 aliphatic rings. The second-order valence-corrected chi connectivity index (χ2v) is 6.26. The van der Waals surface area contributed by atoms with Gasteiger partial charge >= 0.3 is 0 Å². The third-order valence-electron chi connectivity index (χ3n) is 3.88. The van der Waals surface area contributed by atoms with Crippen LogP contribution in [-0.4, -0.2) is 13.0 Å².